The van der Waals surface area contributed by atoms with Gasteiger partial charge in [0.15, 0.2) is 0 Å². The maximum absolute atomic E-state index is 11.6. The molecular formula is C14H19N3O2. The Kier molecular flexibility index (Phi) is 5.78. The quantitative estimate of drug-likeness (QED) is 0.314. The summed E-state index contributed by atoms with van der Waals surface area (Å²) in [5.41, 5.74) is 7.91. The van der Waals surface area contributed by atoms with E-state index < -0.39 is 0 Å². The van der Waals surface area contributed by atoms with Crippen LogP contribution in [-0.2, 0) is 16.2 Å². The van der Waals surface area contributed by atoms with Gasteiger partial charge in [-0.25, -0.2) is 5.43 Å². The first kappa shape index (κ1) is 14.9. The van der Waals surface area contributed by atoms with Crippen LogP contribution in [0.1, 0.15) is 18.1 Å². The van der Waals surface area contributed by atoms with Gasteiger partial charge in [-0.1, -0.05) is 36.4 Å². The van der Waals surface area contributed by atoms with Crippen molar-refractivity contribution in [3.05, 3.63) is 59.4 Å². The smallest absolute Gasteiger partial charge is 0.264 e. The van der Waals surface area contributed by atoms with Gasteiger partial charge in [0.1, 0.15) is 5.76 Å². The van der Waals surface area contributed by atoms with E-state index >= 15 is 0 Å². The normalized spacial score (nSPS) is 11.0. The van der Waals surface area contributed by atoms with E-state index in [1.807, 2.05) is 31.2 Å². The molecule has 0 bridgehead atoms. The predicted octanol–water partition coefficient (Wildman–Crippen LogP) is 1.47. The lowest BCUT2D eigenvalue weighted by Gasteiger charge is -2.08. The number of benzene rings is 1. The van der Waals surface area contributed by atoms with Crippen LogP contribution in [-0.4, -0.2) is 5.91 Å². The predicted molar refractivity (Wildman–Crippen MR) is 74.3 cm³/mol. The molecule has 0 aliphatic carbocycles. The summed E-state index contributed by atoms with van der Waals surface area (Å²) in [6.07, 6.45) is 1.46. The third-order valence-corrected chi connectivity index (χ3v) is 2.43. The highest BCUT2D eigenvalue weighted by molar-refractivity contribution is 5.95. The van der Waals surface area contributed by atoms with Gasteiger partial charge in [0.2, 0.25) is 0 Å². The summed E-state index contributed by atoms with van der Waals surface area (Å²) in [6.45, 7) is 7.81. The second-order valence-corrected chi connectivity index (χ2v) is 4.19. The van der Waals surface area contributed by atoms with Crippen LogP contribution in [0.25, 0.3) is 0 Å². The highest BCUT2D eigenvalue weighted by atomic mass is 16.6. The molecule has 19 heavy (non-hydrogen) atoms. The first-order chi connectivity index (χ1) is 9.02. The molecule has 0 unspecified atom stereocenters. The molecule has 5 heteroatoms. The molecule has 0 spiro atoms. The molecule has 4 N–H and O–H groups in total. The third kappa shape index (κ3) is 5.37. The number of aryl methyl sites for hydroxylation is 1. The van der Waals surface area contributed by atoms with Crippen molar-refractivity contribution in [3.8, 4) is 0 Å². The average Bonchev–Trinajstić information content (AvgIpc) is 2.38. The van der Waals surface area contributed by atoms with Gasteiger partial charge in [0, 0.05) is 12.1 Å². The van der Waals surface area contributed by atoms with Crippen molar-refractivity contribution >= 4 is 5.91 Å². The van der Waals surface area contributed by atoms with Gasteiger partial charge in [0.25, 0.3) is 5.91 Å². The number of amides is 1. The lowest BCUT2D eigenvalue weighted by atomic mass is 10.1. The molecule has 1 aromatic rings. The number of carbonyl (C=O) groups is 1. The first-order valence-corrected chi connectivity index (χ1v) is 5.85. The van der Waals surface area contributed by atoms with E-state index in [0.29, 0.717) is 12.3 Å². The molecule has 0 aliphatic heterocycles. The minimum Gasteiger partial charge on any atom is -0.416 e. The molecule has 0 aromatic heterocycles. The van der Waals surface area contributed by atoms with Crippen LogP contribution in [0.2, 0.25) is 0 Å². The van der Waals surface area contributed by atoms with E-state index in [4.69, 9.17) is 5.90 Å². The zero-order valence-electron chi connectivity index (χ0n) is 11.2. The van der Waals surface area contributed by atoms with Crippen LogP contribution in [0, 0.1) is 6.92 Å². The standard InChI is InChI=1S/C14H19N3O2/c1-10-5-4-6-13(7-10)9-16-17-14(18)11(2)8-12(3)19-15/h4-8,16H,2,9,15H2,1,3H3,(H,17,18)/b12-8-. The van der Waals surface area contributed by atoms with Crippen molar-refractivity contribution in [1.29, 1.82) is 0 Å². The molecule has 0 heterocycles. The molecule has 1 aromatic carbocycles. The Labute approximate surface area is 113 Å². The van der Waals surface area contributed by atoms with Crippen molar-refractivity contribution in [2.24, 2.45) is 5.90 Å². The largest absolute Gasteiger partial charge is 0.416 e. The lowest BCUT2D eigenvalue weighted by molar-refractivity contribution is -0.118. The minimum absolute atomic E-state index is 0.264. The van der Waals surface area contributed by atoms with Crippen molar-refractivity contribution in [2.45, 2.75) is 20.4 Å². The zero-order valence-corrected chi connectivity index (χ0v) is 11.2. The summed E-state index contributed by atoms with van der Waals surface area (Å²) in [4.78, 5) is 16.1. The van der Waals surface area contributed by atoms with E-state index in [0.717, 1.165) is 5.56 Å². The van der Waals surface area contributed by atoms with E-state index in [1.54, 1.807) is 6.92 Å². The lowest BCUT2D eigenvalue weighted by Crippen LogP contribution is -2.37. The fraction of sp³-hybridized carbons (Fsp3) is 0.214. The van der Waals surface area contributed by atoms with Gasteiger partial charge in [0.05, 0.1) is 0 Å². The fourth-order valence-electron chi connectivity index (χ4n) is 1.47. The third-order valence-electron chi connectivity index (χ3n) is 2.43. The van der Waals surface area contributed by atoms with E-state index in [-0.39, 0.29) is 11.5 Å². The fourth-order valence-corrected chi connectivity index (χ4v) is 1.47. The topological polar surface area (TPSA) is 76.4 Å². The van der Waals surface area contributed by atoms with Crippen molar-refractivity contribution in [3.63, 3.8) is 0 Å². The maximum Gasteiger partial charge on any atom is 0.264 e. The summed E-state index contributed by atoms with van der Waals surface area (Å²) in [5, 5.41) is 0. The number of rotatable bonds is 6. The van der Waals surface area contributed by atoms with E-state index in [1.165, 1.54) is 11.6 Å². The Morgan fingerprint density at radius 1 is 1.53 bits per heavy atom. The van der Waals surface area contributed by atoms with Crippen LogP contribution in [0.4, 0.5) is 0 Å². The second-order valence-electron chi connectivity index (χ2n) is 4.19. The summed E-state index contributed by atoms with van der Waals surface area (Å²) in [6, 6.07) is 8.01. The SMILES string of the molecule is C=C(/C=C(/C)ON)C(=O)NNCc1cccc(C)c1. The maximum atomic E-state index is 11.6. The summed E-state index contributed by atoms with van der Waals surface area (Å²) in [7, 11) is 0. The molecule has 0 aliphatic rings. The number of hydrogen-bond acceptors (Lipinski definition) is 4. The number of allylic oxidation sites excluding steroid dienone is 1. The van der Waals surface area contributed by atoms with Gasteiger partial charge in [-0.15, -0.1) is 0 Å². The molecule has 0 fully saturated rings. The number of hydrogen-bond donors (Lipinski definition) is 3. The Bertz CT molecular complexity index is 495. The zero-order chi connectivity index (χ0) is 14.3. The molecule has 5 nitrogen and oxygen atoms in total. The van der Waals surface area contributed by atoms with Crippen LogP contribution < -0.4 is 16.7 Å². The minimum atomic E-state index is -0.330. The van der Waals surface area contributed by atoms with E-state index in [9.17, 15) is 4.79 Å². The van der Waals surface area contributed by atoms with Gasteiger partial charge in [-0.2, -0.15) is 5.90 Å². The summed E-state index contributed by atoms with van der Waals surface area (Å²) >= 11 is 0. The molecule has 0 saturated heterocycles. The van der Waals surface area contributed by atoms with E-state index in [2.05, 4.69) is 22.3 Å². The van der Waals surface area contributed by atoms with Crippen LogP contribution >= 0.6 is 0 Å². The van der Waals surface area contributed by atoms with Gasteiger partial charge in [-0.05, 0) is 25.5 Å². The second kappa shape index (κ2) is 7.35. The molecular weight excluding hydrogens is 242 g/mol. The highest BCUT2D eigenvalue weighted by Crippen LogP contribution is 2.03. The van der Waals surface area contributed by atoms with Crippen LogP contribution in [0.15, 0.2) is 48.3 Å². The molecule has 0 atom stereocenters. The highest BCUT2D eigenvalue weighted by Gasteiger charge is 2.04. The summed E-state index contributed by atoms with van der Waals surface area (Å²) in [5.74, 6) is 5.04. The van der Waals surface area contributed by atoms with Gasteiger partial charge < -0.3 is 4.84 Å². The van der Waals surface area contributed by atoms with Crippen molar-refractivity contribution in [1.82, 2.24) is 10.9 Å². The average molecular weight is 261 g/mol. The number of nitrogens with one attached hydrogen (secondary N) is 2. The Morgan fingerprint density at radius 2 is 2.26 bits per heavy atom. The Balaban J connectivity index is 2.41. The number of carbonyl (C=O) groups excluding carboxylic acids is 1. The van der Waals surface area contributed by atoms with Crippen molar-refractivity contribution < 1.29 is 9.63 Å². The molecule has 102 valence electrons. The Hall–Kier alpha value is -2.11. The van der Waals surface area contributed by atoms with Gasteiger partial charge in [-0.3, -0.25) is 10.2 Å². The van der Waals surface area contributed by atoms with Gasteiger partial charge >= 0.3 is 0 Å². The molecule has 0 saturated carbocycles. The molecule has 1 rings (SSSR count). The Morgan fingerprint density at radius 3 is 2.89 bits per heavy atom. The summed E-state index contributed by atoms with van der Waals surface area (Å²) < 4.78 is 0. The monoisotopic (exact) mass is 261 g/mol. The molecule has 0 radical (unpaired) electrons. The number of hydrazine groups is 1. The van der Waals surface area contributed by atoms with Crippen LogP contribution in [0.3, 0.4) is 0 Å². The first-order valence-electron chi connectivity index (χ1n) is 5.85. The number of nitrogens with two attached hydrogens (primary N) is 1. The van der Waals surface area contributed by atoms with Crippen LogP contribution in [0.5, 0.6) is 0 Å². The molecule has 1 amide bonds. The van der Waals surface area contributed by atoms with Crippen molar-refractivity contribution in [2.75, 3.05) is 0 Å².